The van der Waals surface area contributed by atoms with E-state index in [4.69, 9.17) is 4.74 Å². The number of carboxylic acid groups (broad SMARTS) is 1. The minimum absolute atomic E-state index is 0.0152. The molecule has 45 heavy (non-hydrogen) atoms. The average Bonchev–Trinajstić information content (AvgIpc) is 3.24. The molecule has 0 amide bonds. The van der Waals surface area contributed by atoms with Crippen LogP contribution in [-0.4, -0.2) is 45.6 Å². The van der Waals surface area contributed by atoms with Gasteiger partial charge in [-0.2, -0.15) is 0 Å². The lowest BCUT2D eigenvalue weighted by atomic mass is 9.36. The summed E-state index contributed by atoms with van der Waals surface area (Å²) in [6.45, 7) is 18.4. The van der Waals surface area contributed by atoms with Crippen LogP contribution in [0.2, 0.25) is 0 Å². The highest BCUT2D eigenvalue weighted by Gasteiger charge is 2.70. The quantitative estimate of drug-likeness (QED) is 0.213. The predicted octanol–water partition coefficient (Wildman–Crippen LogP) is 7.84. The first kappa shape index (κ1) is 33.7. The first-order chi connectivity index (χ1) is 21.1. The second-order valence-corrected chi connectivity index (χ2v) is 15.6. The van der Waals surface area contributed by atoms with Crippen molar-refractivity contribution in [2.75, 3.05) is 0 Å². The molecule has 0 heterocycles. The van der Waals surface area contributed by atoms with Crippen LogP contribution in [-0.2, 0) is 14.3 Å². The minimum atomic E-state index is -0.978. The summed E-state index contributed by atoms with van der Waals surface area (Å²) in [6.07, 6.45) is 5.58. The highest BCUT2D eigenvalue weighted by Crippen LogP contribution is 2.74. The number of esters is 1. The molecule has 1 aromatic carbocycles. The lowest BCUT2D eigenvalue weighted by molar-refractivity contribution is -0.234. The van der Waals surface area contributed by atoms with Crippen molar-refractivity contribution < 1.29 is 29.6 Å². The van der Waals surface area contributed by atoms with Gasteiger partial charge in [0.25, 0.3) is 0 Å². The van der Waals surface area contributed by atoms with Crippen LogP contribution in [0.15, 0.2) is 47.6 Å². The molecule has 4 fully saturated rings. The number of aliphatic carboxylic acids is 1. The topological polar surface area (TPSA) is 104 Å². The standard InChI is InChI=1S/C39H54O6/c1-9-25-10-12-26(13-11-25)27(22(2)3)14-15-28(36(43)44)34-30-20-32(42)35-37(6)18-17-31(41)23(4)29(37)16-19-38(35,7)39(30,8)21-33(34)45-24(5)40/h9-13,23,29-33,35,41-42H,1,14-21H2,2-8H3,(H,43,44)/t23-,29?,30+,31+,32+,33-,35+,37-,38-,39-/m0/s1. The number of fused-ring (bicyclic) bond motifs is 5. The van der Waals surface area contributed by atoms with E-state index in [0.717, 1.165) is 48.0 Å². The number of carboxylic acids is 1. The Bertz CT molecular complexity index is 1400. The molecule has 10 atom stereocenters. The largest absolute Gasteiger partial charge is 0.478 e. The van der Waals surface area contributed by atoms with Crippen molar-refractivity contribution in [2.45, 2.75) is 118 Å². The normalized spacial score (nSPS) is 40.0. The van der Waals surface area contributed by atoms with Gasteiger partial charge in [0.05, 0.1) is 12.2 Å². The molecular weight excluding hydrogens is 564 g/mol. The van der Waals surface area contributed by atoms with E-state index in [1.54, 1.807) is 6.08 Å². The van der Waals surface area contributed by atoms with Crippen molar-refractivity contribution in [3.8, 4) is 0 Å². The van der Waals surface area contributed by atoms with E-state index >= 15 is 0 Å². The molecular formula is C39H54O6. The van der Waals surface area contributed by atoms with E-state index < -0.39 is 24.1 Å². The van der Waals surface area contributed by atoms with Crippen molar-refractivity contribution in [1.29, 1.82) is 0 Å². The number of allylic oxidation sites excluding steroid dienone is 2. The summed E-state index contributed by atoms with van der Waals surface area (Å²) in [5, 5.41) is 33.6. The van der Waals surface area contributed by atoms with Gasteiger partial charge in [0, 0.05) is 12.5 Å². The summed E-state index contributed by atoms with van der Waals surface area (Å²) in [5.74, 6) is -1.08. The summed E-state index contributed by atoms with van der Waals surface area (Å²) in [6, 6.07) is 8.15. The highest BCUT2D eigenvalue weighted by molar-refractivity contribution is 5.89. The lowest BCUT2D eigenvalue weighted by Crippen LogP contribution is -2.65. The second-order valence-electron chi connectivity index (χ2n) is 15.6. The molecule has 4 aliphatic carbocycles. The molecule has 0 aromatic heterocycles. The van der Waals surface area contributed by atoms with Crippen LogP contribution in [0.25, 0.3) is 11.6 Å². The number of benzene rings is 1. The molecule has 6 nitrogen and oxygen atoms in total. The number of aliphatic hydroxyl groups excluding tert-OH is 2. The zero-order valence-corrected chi connectivity index (χ0v) is 28.4. The van der Waals surface area contributed by atoms with Gasteiger partial charge < -0.3 is 20.1 Å². The summed E-state index contributed by atoms with van der Waals surface area (Å²) < 4.78 is 6.00. The third-order valence-corrected chi connectivity index (χ3v) is 13.3. The monoisotopic (exact) mass is 618 g/mol. The van der Waals surface area contributed by atoms with Crippen LogP contribution in [0.5, 0.6) is 0 Å². The van der Waals surface area contributed by atoms with Crippen LogP contribution in [0.3, 0.4) is 0 Å². The first-order valence-electron chi connectivity index (χ1n) is 17.0. The SMILES string of the molecule is C=Cc1ccc(C(CCC(C(=O)O)=C2[C@@H](OC(C)=O)C[C@@]3(C)[C@@H]2C[C@@H](O)[C@@H]2[C@@]4(C)CC[C@@H](O)[C@@H](C)C4CC[C@@]23C)=C(C)C)cc1. The molecule has 0 radical (unpaired) electrons. The van der Waals surface area contributed by atoms with Crippen LogP contribution in [0.4, 0.5) is 0 Å². The number of hydrogen-bond donors (Lipinski definition) is 3. The number of ether oxygens (including phenoxy) is 1. The number of carbonyl (C=O) groups is 2. The van der Waals surface area contributed by atoms with Crippen LogP contribution < -0.4 is 0 Å². The summed E-state index contributed by atoms with van der Waals surface area (Å²) in [4.78, 5) is 25.6. The van der Waals surface area contributed by atoms with Crippen LogP contribution in [0, 0.1) is 39.9 Å². The Kier molecular flexibility index (Phi) is 9.09. The molecule has 0 bridgehead atoms. The van der Waals surface area contributed by atoms with Crippen molar-refractivity contribution >= 4 is 23.6 Å². The lowest BCUT2D eigenvalue weighted by Gasteiger charge is -2.69. The summed E-state index contributed by atoms with van der Waals surface area (Å²) in [5.41, 5.74) is 4.56. The Morgan fingerprint density at radius 1 is 0.978 bits per heavy atom. The van der Waals surface area contributed by atoms with E-state index in [1.807, 2.05) is 12.1 Å². The smallest absolute Gasteiger partial charge is 0.331 e. The van der Waals surface area contributed by atoms with E-state index in [0.29, 0.717) is 42.7 Å². The predicted molar refractivity (Wildman–Crippen MR) is 178 cm³/mol. The fraction of sp³-hybridized carbons (Fsp3) is 0.641. The van der Waals surface area contributed by atoms with E-state index in [2.05, 4.69) is 60.3 Å². The fourth-order valence-corrected chi connectivity index (χ4v) is 11.0. The van der Waals surface area contributed by atoms with Gasteiger partial charge in [0.1, 0.15) is 6.10 Å². The molecule has 4 aliphatic rings. The molecule has 0 saturated heterocycles. The highest BCUT2D eigenvalue weighted by atomic mass is 16.5. The first-order valence-corrected chi connectivity index (χ1v) is 17.0. The number of carbonyl (C=O) groups excluding carboxylic acids is 1. The Balaban J connectivity index is 1.57. The van der Waals surface area contributed by atoms with Crippen molar-refractivity contribution in [3.05, 3.63) is 58.7 Å². The van der Waals surface area contributed by atoms with E-state index in [9.17, 15) is 24.9 Å². The zero-order chi connectivity index (χ0) is 33.1. The van der Waals surface area contributed by atoms with Gasteiger partial charge in [-0.25, -0.2) is 4.79 Å². The number of aliphatic hydroxyl groups is 2. The maximum absolute atomic E-state index is 13.1. The number of hydrogen-bond acceptors (Lipinski definition) is 5. The molecule has 4 saturated carbocycles. The molecule has 0 aliphatic heterocycles. The van der Waals surface area contributed by atoms with Gasteiger partial charge in [0.15, 0.2) is 0 Å². The van der Waals surface area contributed by atoms with Crippen molar-refractivity contribution in [3.63, 3.8) is 0 Å². The van der Waals surface area contributed by atoms with Gasteiger partial charge in [-0.1, -0.05) is 70.2 Å². The fourth-order valence-electron chi connectivity index (χ4n) is 11.0. The van der Waals surface area contributed by atoms with Gasteiger partial charge in [0.2, 0.25) is 0 Å². The zero-order valence-electron chi connectivity index (χ0n) is 28.4. The Hall–Kier alpha value is -2.70. The summed E-state index contributed by atoms with van der Waals surface area (Å²) in [7, 11) is 0. The third-order valence-electron chi connectivity index (χ3n) is 13.3. The van der Waals surface area contributed by atoms with Crippen molar-refractivity contribution in [2.24, 2.45) is 39.9 Å². The average molecular weight is 619 g/mol. The molecule has 3 N–H and O–H groups in total. The molecule has 1 aromatic rings. The Labute approximate surface area is 269 Å². The van der Waals surface area contributed by atoms with Gasteiger partial charge in [-0.3, -0.25) is 4.79 Å². The third kappa shape index (κ3) is 5.44. The van der Waals surface area contributed by atoms with Gasteiger partial charge in [-0.05, 0) is 127 Å². The maximum atomic E-state index is 13.1. The molecule has 1 unspecified atom stereocenters. The molecule has 246 valence electrons. The van der Waals surface area contributed by atoms with E-state index in [-0.39, 0.29) is 40.1 Å². The van der Waals surface area contributed by atoms with Crippen molar-refractivity contribution in [1.82, 2.24) is 0 Å². The van der Waals surface area contributed by atoms with Crippen LogP contribution >= 0.6 is 0 Å². The van der Waals surface area contributed by atoms with Gasteiger partial charge >= 0.3 is 11.9 Å². The van der Waals surface area contributed by atoms with Gasteiger partial charge in [-0.15, -0.1) is 0 Å². The molecule has 6 heteroatoms. The molecule has 5 rings (SSSR count). The maximum Gasteiger partial charge on any atom is 0.331 e. The molecule has 0 spiro atoms. The van der Waals surface area contributed by atoms with Crippen LogP contribution in [0.1, 0.15) is 111 Å². The minimum Gasteiger partial charge on any atom is -0.478 e. The second kappa shape index (κ2) is 12.2. The summed E-state index contributed by atoms with van der Waals surface area (Å²) >= 11 is 0. The number of rotatable bonds is 7. The Morgan fingerprint density at radius 2 is 1.64 bits per heavy atom. The van der Waals surface area contributed by atoms with E-state index in [1.165, 1.54) is 6.92 Å². The Morgan fingerprint density at radius 3 is 2.22 bits per heavy atom.